The van der Waals surface area contributed by atoms with Crippen LogP contribution in [0, 0.1) is 0 Å². The fourth-order valence-electron chi connectivity index (χ4n) is 2.00. The number of carbonyl (C=O) groups is 1. The molecule has 0 aliphatic heterocycles. The number of hydrogen-bond acceptors (Lipinski definition) is 4. The van der Waals surface area contributed by atoms with Crippen molar-refractivity contribution in [3.8, 4) is 11.5 Å². The lowest BCUT2D eigenvalue weighted by atomic mass is 9.95. The van der Waals surface area contributed by atoms with Crippen LogP contribution in [-0.2, 0) is 16.1 Å². The van der Waals surface area contributed by atoms with Gasteiger partial charge >= 0.3 is 0 Å². The Morgan fingerprint density at radius 2 is 1.94 bits per heavy atom. The first kappa shape index (κ1) is 14.5. The fraction of sp³-hybridized carbons (Fsp3) is 0.500. The number of benzene rings is 1. The van der Waals surface area contributed by atoms with Gasteiger partial charge in [0, 0.05) is 13.5 Å². The number of aldehydes is 1. The van der Waals surface area contributed by atoms with E-state index in [0.29, 0.717) is 13.0 Å². The molecule has 0 aliphatic rings. The molecule has 0 heterocycles. The molecule has 1 unspecified atom stereocenters. The van der Waals surface area contributed by atoms with Gasteiger partial charge in [-0.05, 0) is 17.5 Å². The highest BCUT2D eigenvalue weighted by Gasteiger charge is 2.18. The standard InChI is InChI=1S/C14H20O4/c1-10(7-8-15)11-5-6-13(17-3)12(9-16-2)14(11)18-4/h5-6,8,10H,7,9H2,1-4H3. The summed E-state index contributed by atoms with van der Waals surface area (Å²) in [6.07, 6.45) is 1.39. The lowest BCUT2D eigenvalue weighted by Gasteiger charge is -2.19. The summed E-state index contributed by atoms with van der Waals surface area (Å²) < 4.78 is 15.9. The molecule has 0 fully saturated rings. The highest BCUT2D eigenvalue weighted by molar-refractivity contribution is 5.56. The third kappa shape index (κ3) is 3.01. The van der Waals surface area contributed by atoms with Gasteiger partial charge in [-0.3, -0.25) is 0 Å². The second-order valence-corrected chi connectivity index (χ2v) is 4.11. The first-order chi connectivity index (χ1) is 8.69. The van der Waals surface area contributed by atoms with Crippen molar-refractivity contribution in [2.75, 3.05) is 21.3 Å². The van der Waals surface area contributed by atoms with Crippen molar-refractivity contribution in [1.29, 1.82) is 0 Å². The van der Waals surface area contributed by atoms with E-state index in [1.54, 1.807) is 21.3 Å². The van der Waals surface area contributed by atoms with Crippen molar-refractivity contribution in [3.63, 3.8) is 0 Å². The summed E-state index contributed by atoms with van der Waals surface area (Å²) in [6.45, 7) is 2.41. The van der Waals surface area contributed by atoms with E-state index in [1.807, 2.05) is 19.1 Å². The maximum atomic E-state index is 10.6. The Labute approximate surface area is 108 Å². The first-order valence-corrected chi connectivity index (χ1v) is 5.85. The highest BCUT2D eigenvalue weighted by Crippen LogP contribution is 2.37. The van der Waals surface area contributed by atoms with Crippen molar-refractivity contribution in [2.24, 2.45) is 0 Å². The topological polar surface area (TPSA) is 44.8 Å². The van der Waals surface area contributed by atoms with E-state index >= 15 is 0 Å². The summed E-state index contributed by atoms with van der Waals surface area (Å²) in [5.74, 6) is 1.58. The Balaban J connectivity index is 3.27. The van der Waals surface area contributed by atoms with Gasteiger partial charge in [0.25, 0.3) is 0 Å². The summed E-state index contributed by atoms with van der Waals surface area (Å²) in [6, 6.07) is 3.82. The summed E-state index contributed by atoms with van der Waals surface area (Å²) in [5, 5.41) is 0. The second-order valence-electron chi connectivity index (χ2n) is 4.11. The van der Waals surface area contributed by atoms with E-state index in [0.717, 1.165) is 28.9 Å². The monoisotopic (exact) mass is 252 g/mol. The zero-order chi connectivity index (χ0) is 13.5. The van der Waals surface area contributed by atoms with E-state index in [1.165, 1.54) is 0 Å². The molecule has 0 bridgehead atoms. The Morgan fingerprint density at radius 3 is 2.44 bits per heavy atom. The van der Waals surface area contributed by atoms with Crippen molar-refractivity contribution in [3.05, 3.63) is 23.3 Å². The van der Waals surface area contributed by atoms with Crippen LogP contribution >= 0.6 is 0 Å². The summed E-state index contributed by atoms with van der Waals surface area (Å²) in [7, 11) is 4.86. The van der Waals surface area contributed by atoms with Gasteiger partial charge in [-0.2, -0.15) is 0 Å². The Hall–Kier alpha value is -1.55. The van der Waals surface area contributed by atoms with Gasteiger partial charge in [-0.15, -0.1) is 0 Å². The molecular formula is C14H20O4. The van der Waals surface area contributed by atoms with Gasteiger partial charge in [0.15, 0.2) is 0 Å². The molecule has 100 valence electrons. The van der Waals surface area contributed by atoms with Crippen LogP contribution in [0.2, 0.25) is 0 Å². The van der Waals surface area contributed by atoms with Crippen LogP contribution < -0.4 is 9.47 Å². The van der Waals surface area contributed by atoms with Crippen LogP contribution in [0.5, 0.6) is 11.5 Å². The maximum Gasteiger partial charge on any atom is 0.131 e. The average Bonchev–Trinajstić information content (AvgIpc) is 2.38. The van der Waals surface area contributed by atoms with Gasteiger partial charge in [-0.1, -0.05) is 13.0 Å². The van der Waals surface area contributed by atoms with E-state index < -0.39 is 0 Å². The van der Waals surface area contributed by atoms with Gasteiger partial charge in [0.05, 0.1) is 26.4 Å². The number of ether oxygens (including phenoxy) is 3. The average molecular weight is 252 g/mol. The lowest BCUT2D eigenvalue weighted by Crippen LogP contribution is -2.04. The number of hydrogen-bond donors (Lipinski definition) is 0. The lowest BCUT2D eigenvalue weighted by molar-refractivity contribution is -0.108. The molecule has 1 atom stereocenters. The van der Waals surface area contributed by atoms with Crippen molar-refractivity contribution >= 4 is 6.29 Å². The molecule has 4 heteroatoms. The van der Waals surface area contributed by atoms with Crippen LogP contribution in [0.15, 0.2) is 12.1 Å². The number of carbonyl (C=O) groups excluding carboxylic acids is 1. The number of rotatable bonds is 7. The smallest absolute Gasteiger partial charge is 0.131 e. The molecule has 1 aromatic carbocycles. The Bertz CT molecular complexity index is 401. The van der Waals surface area contributed by atoms with Crippen LogP contribution in [-0.4, -0.2) is 27.6 Å². The second kappa shape index (κ2) is 7.01. The van der Waals surface area contributed by atoms with Gasteiger partial charge in [0.1, 0.15) is 17.8 Å². The van der Waals surface area contributed by atoms with Gasteiger partial charge in [-0.25, -0.2) is 0 Å². The molecular weight excluding hydrogens is 232 g/mol. The highest BCUT2D eigenvalue weighted by atomic mass is 16.5. The van der Waals surface area contributed by atoms with E-state index in [9.17, 15) is 4.79 Å². The Kier molecular flexibility index (Phi) is 5.65. The van der Waals surface area contributed by atoms with Crippen LogP contribution in [0.1, 0.15) is 30.4 Å². The zero-order valence-electron chi connectivity index (χ0n) is 11.4. The summed E-state index contributed by atoms with van der Waals surface area (Å²) >= 11 is 0. The minimum absolute atomic E-state index is 0.110. The third-order valence-corrected chi connectivity index (χ3v) is 2.94. The van der Waals surface area contributed by atoms with E-state index in [-0.39, 0.29) is 5.92 Å². The molecule has 0 saturated carbocycles. The largest absolute Gasteiger partial charge is 0.496 e. The molecule has 18 heavy (non-hydrogen) atoms. The maximum absolute atomic E-state index is 10.6. The molecule has 0 saturated heterocycles. The van der Waals surface area contributed by atoms with Crippen LogP contribution in [0.25, 0.3) is 0 Å². The molecule has 1 aromatic rings. The minimum atomic E-state index is 0.110. The van der Waals surface area contributed by atoms with Crippen LogP contribution in [0.4, 0.5) is 0 Å². The normalized spacial score (nSPS) is 12.0. The molecule has 1 rings (SSSR count). The predicted octanol–water partition coefficient (Wildman–Crippen LogP) is 2.54. The zero-order valence-corrected chi connectivity index (χ0v) is 11.4. The quantitative estimate of drug-likeness (QED) is 0.699. The van der Waals surface area contributed by atoms with Crippen molar-refractivity contribution < 1.29 is 19.0 Å². The first-order valence-electron chi connectivity index (χ1n) is 5.85. The van der Waals surface area contributed by atoms with Crippen LogP contribution in [0.3, 0.4) is 0 Å². The fourth-order valence-corrected chi connectivity index (χ4v) is 2.00. The Morgan fingerprint density at radius 1 is 1.22 bits per heavy atom. The molecule has 0 radical (unpaired) electrons. The molecule has 0 spiro atoms. The van der Waals surface area contributed by atoms with Gasteiger partial charge in [0.2, 0.25) is 0 Å². The summed E-state index contributed by atoms with van der Waals surface area (Å²) in [5.41, 5.74) is 1.87. The molecule has 4 nitrogen and oxygen atoms in total. The van der Waals surface area contributed by atoms with Crippen molar-refractivity contribution in [1.82, 2.24) is 0 Å². The van der Waals surface area contributed by atoms with Crippen molar-refractivity contribution in [2.45, 2.75) is 25.9 Å². The molecule has 0 aliphatic carbocycles. The predicted molar refractivity (Wildman–Crippen MR) is 69.4 cm³/mol. The molecule has 0 amide bonds. The number of methoxy groups -OCH3 is 3. The molecule has 0 N–H and O–H groups in total. The third-order valence-electron chi connectivity index (χ3n) is 2.94. The molecule has 0 aromatic heterocycles. The SMILES string of the molecule is COCc1c(OC)ccc(C(C)CC=O)c1OC. The minimum Gasteiger partial charge on any atom is -0.496 e. The van der Waals surface area contributed by atoms with E-state index in [2.05, 4.69) is 0 Å². The van der Waals surface area contributed by atoms with Gasteiger partial charge < -0.3 is 19.0 Å². The summed E-state index contributed by atoms with van der Waals surface area (Å²) in [4.78, 5) is 10.6. The van der Waals surface area contributed by atoms with E-state index in [4.69, 9.17) is 14.2 Å².